The Morgan fingerprint density at radius 1 is 1.07 bits per heavy atom. The molecule has 8 heteroatoms. The Labute approximate surface area is 170 Å². The number of piperazine rings is 1. The molecule has 2 fully saturated rings. The van der Waals surface area contributed by atoms with Gasteiger partial charge in [0, 0.05) is 50.0 Å². The van der Waals surface area contributed by atoms with Crippen molar-refractivity contribution in [3.05, 3.63) is 24.5 Å². The van der Waals surface area contributed by atoms with E-state index in [1.165, 1.54) is 19.3 Å². The fourth-order valence-electron chi connectivity index (χ4n) is 4.39. The van der Waals surface area contributed by atoms with Gasteiger partial charge in [-0.2, -0.15) is 5.10 Å². The Bertz CT molecular complexity index is 982. The molecule has 0 saturated carbocycles. The van der Waals surface area contributed by atoms with E-state index in [0.29, 0.717) is 12.1 Å². The molecule has 0 amide bonds. The van der Waals surface area contributed by atoms with Gasteiger partial charge in [-0.15, -0.1) is 0 Å². The predicted molar refractivity (Wildman–Crippen MR) is 115 cm³/mol. The third-order valence-corrected chi connectivity index (χ3v) is 6.06. The molecule has 2 saturated heterocycles. The van der Waals surface area contributed by atoms with Gasteiger partial charge in [-0.05, 0) is 45.2 Å². The van der Waals surface area contributed by atoms with Crippen LogP contribution in [0.2, 0.25) is 0 Å². The first-order valence-corrected chi connectivity index (χ1v) is 10.6. The van der Waals surface area contributed by atoms with E-state index in [9.17, 15) is 0 Å². The lowest BCUT2D eigenvalue weighted by Crippen LogP contribution is -2.49. The molecule has 0 radical (unpaired) electrons. The number of nitrogens with one attached hydrogen (secondary N) is 2. The average Bonchev–Trinajstić information content (AvgIpc) is 3.17. The monoisotopic (exact) mass is 392 g/mol. The first-order chi connectivity index (χ1) is 14.2. The number of rotatable bonds is 3. The zero-order valence-electron chi connectivity index (χ0n) is 17.1. The zero-order valence-corrected chi connectivity index (χ0v) is 17.1. The first-order valence-electron chi connectivity index (χ1n) is 10.6. The topological polar surface area (TPSA) is 85.9 Å². The highest BCUT2D eigenvalue weighted by molar-refractivity contribution is 5.89. The Morgan fingerprint density at radius 3 is 2.79 bits per heavy atom. The minimum atomic E-state index is 0.471. The number of hydrogen-bond acceptors (Lipinski definition) is 7. The lowest BCUT2D eigenvalue weighted by atomic mass is 10.0. The minimum Gasteiger partial charge on any atom is -0.354 e. The second kappa shape index (κ2) is 7.59. The summed E-state index contributed by atoms with van der Waals surface area (Å²) in [7, 11) is 0. The van der Waals surface area contributed by atoms with Crippen molar-refractivity contribution in [3.63, 3.8) is 0 Å². The molecule has 3 aromatic rings. The summed E-state index contributed by atoms with van der Waals surface area (Å²) in [6, 6.07) is 5.13. The molecule has 3 aromatic heterocycles. The summed E-state index contributed by atoms with van der Waals surface area (Å²) in [6.45, 7) is 8.41. The van der Waals surface area contributed by atoms with Crippen LogP contribution < -0.4 is 15.1 Å². The van der Waals surface area contributed by atoms with Gasteiger partial charge in [0.05, 0.1) is 6.20 Å². The fraction of sp³-hybridized carbons (Fsp3) is 0.524. The number of nitrogens with zero attached hydrogens (tertiary/aromatic N) is 6. The summed E-state index contributed by atoms with van der Waals surface area (Å²) in [4.78, 5) is 18.8. The normalized spacial score (nSPS) is 23.0. The van der Waals surface area contributed by atoms with Crippen molar-refractivity contribution in [2.45, 2.75) is 45.2 Å². The van der Waals surface area contributed by atoms with Crippen LogP contribution in [0.1, 0.15) is 33.1 Å². The maximum Gasteiger partial charge on any atom is 0.226 e. The quantitative estimate of drug-likeness (QED) is 0.708. The van der Waals surface area contributed by atoms with Crippen molar-refractivity contribution in [2.24, 2.45) is 0 Å². The van der Waals surface area contributed by atoms with Crippen molar-refractivity contribution in [2.75, 3.05) is 36.0 Å². The van der Waals surface area contributed by atoms with E-state index in [2.05, 4.69) is 56.3 Å². The van der Waals surface area contributed by atoms with E-state index < -0.39 is 0 Å². The van der Waals surface area contributed by atoms with Gasteiger partial charge >= 0.3 is 0 Å². The van der Waals surface area contributed by atoms with Crippen molar-refractivity contribution < 1.29 is 0 Å². The molecule has 8 nitrogen and oxygen atoms in total. The SMILES string of the molecule is CC1CCCCN1c1ncc2[nH]nc(-c3ccc(N4CCN[C@H](C)C4)nc3)c2n1. The molecule has 29 heavy (non-hydrogen) atoms. The number of aromatic nitrogens is 5. The van der Waals surface area contributed by atoms with Crippen molar-refractivity contribution in [1.29, 1.82) is 0 Å². The summed E-state index contributed by atoms with van der Waals surface area (Å²) in [5.41, 5.74) is 3.52. The number of piperidine rings is 1. The number of hydrogen-bond donors (Lipinski definition) is 2. The second-order valence-corrected chi connectivity index (χ2v) is 8.25. The Morgan fingerprint density at radius 2 is 2.00 bits per heavy atom. The van der Waals surface area contributed by atoms with Crippen LogP contribution in [-0.4, -0.2) is 63.4 Å². The van der Waals surface area contributed by atoms with Crippen LogP contribution in [-0.2, 0) is 0 Å². The van der Waals surface area contributed by atoms with Crippen LogP contribution in [0.25, 0.3) is 22.3 Å². The number of fused-ring (bicyclic) bond motifs is 1. The summed E-state index contributed by atoms with van der Waals surface area (Å²) in [5.74, 6) is 1.81. The van der Waals surface area contributed by atoms with E-state index in [1.807, 2.05) is 12.4 Å². The van der Waals surface area contributed by atoms with E-state index in [4.69, 9.17) is 9.97 Å². The molecule has 2 aliphatic heterocycles. The minimum absolute atomic E-state index is 0.471. The lowest BCUT2D eigenvalue weighted by Gasteiger charge is -2.33. The van der Waals surface area contributed by atoms with E-state index in [0.717, 1.165) is 60.2 Å². The third-order valence-electron chi connectivity index (χ3n) is 6.06. The predicted octanol–water partition coefficient (Wildman–Crippen LogP) is 2.59. The molecule has 5 heterocycles. The smallest absolute Gasteiger partial charge is 0.226 e. The summed E-state index contributed by atoms with van der Waals surface area (Å²) in [6.07, 6.45) is 7.42. The summed E-state index contributed by atoms with van der Waals surface area (Å²) in [5, 5.41) is 11.1. The summed E-state index contributed by atoms with van der Waals surface area (Å²) < 4.78 is 0. The molecule has 0 bridgehead atoms. The molecular weight excluding hydrogens is 364 g/mol. The largest absolute Gasteiger partial charge is 0.354 e. The molecule has 152 valence electrons. The molecule has 1 unspecified atom stereocenters. The van der Waals surface area contributed by atoms with Crippen molar-refractivity contribution in [3.8, 4) is 11.3 Å². The highest BCUT2D eigenvalue weighted by Crippen LogP contribution is 2.28. The third kappa shape index (κ3) is 3.53. The Kier molecular flexibility index (Phi) is 4.79. The molecule has 0 aliphatic carbocycles. The number of pyridine rings is 1. The summed E-state index contributed by atoms with van der Waals surface area (Å²) >= 11 is 0. The van der Waals surface area contributed by atoms with Crippen molar-refractivity contribution >= 4 is 22.8 Å². The number of aromatic amines is 1. The van der Waals surface area contributed by atoms with E-state index in [-0.39, 0.29) is 0 Å². The van der Waals surface area contributed by atoms with Crippen LogP contribution >= 0.6 is 0 Å². The number of H-pyrrole nitrogens is 1. The van der Waals surface area contributed by atoms with Crippen LogP contribution in [0.3, 0.4) is 0 Å². The van der Waals surface area contributed by atoms with Gasteiger partial charge in [-0.25, -0.2) is 15.0 Å². The molecule has 2 aliphatic rings. The highest BCUT2D eigenvalue weighted by Gasteiger charge is 2.22. The fourth-order valence-corrected chi connectivity index (χ4v) is 4.39. The molecule has 2 N–H and O–H groups in total. The van der Waals surface area contributed by atoms with Gasteiger partial charge in [-0.1, -0.05) is 0 Å². The highest BCUT2D eigenvalue weighted by atomic mass is 15.3. The zero-order chi connectivity index (χ0) is 19.8. The maximum absolute atomic E-state index is 4.88. The first kappa shape index (κ1) is 18.3. The molecule has 5 rings (SSSR count). The molecule has 0 spiro atoms. The Balaban J connectivity index is 1.44. The van der Waals surface area contributed by atoms with Gasteiger partial charge in [0.25, 0.3) is 0 Å². The van der Waals surface area contributed by atoms with E-state index in [1.54, 1.807) is 0 Å². The molecular formula is C21H28N8. The van der Waals surface area contributed by atoms with Gasteiger partial charge < -0.3 is 15.1 Å². The van der Waals surface area contributed by atoms with Crippen LogP contribution in [0, 0.1) is 0 Å². The van der Waals surface area contributed by atoms with Gasteiger partial charge in [0.2, 0.25) is 5.95 Å². The Hall–Kier alpha value is -2.74. The molecule has 2 atom stereocenters. The number of anilines is 2. The standard InChI is InChI=1S/C21H28N8/c1-14-13-28(10-8-22-14)18-7-6-16(11-23-18)19-20-17(26-27-19)12-24-21(25-20)29-9-4-3-5-15(29)2/h6-7,11-12,14-15,22H,3-5,8-10,13H2,1-2H3,(H,26,27)/t14-,15?/m1/s1. The van der Waals surface area contributed by atoms with Crippen LogP contribution in [0.4, 0.5) is 11.8 Å². The van der Waals surface area contributed by atoms with Gasteiger partial charge in [0.15, 0.2) is 0 Å². The van der Waals surface area contributed by atoms with Crippen LogP contribution in [0.15, 0.2) is 24.5 Å². The average molecular weight is 393 g/mol. The van der Waals surface area contributed by atoms with Gasteiger partial charge in [0.1, 0.15) is 22.5 Å². The van der Waals surface area contributed by atoms with E-state index >= 15 is 0 Å². The van der Waals surface area contributed by atoms with Crippen molar-refractivity contribution in [1.82, 2.24) is 30.5 Å². The van der Waals surface area contributed by atoms with Gasteiger partial charge in [-0.3, -0.25) is 5.10 Å². The molecule has 0 aromatic carbocycles. The lowest BCUT2D eigenvalue weighted by molar-refractivity contribution is 0.477. The maximum atomic E-state index is 4.88. The van der Waals surface area contributed by atoms with Crippen LogP contribution in [0.5, 0.6) is 0 Å². The second-order valence-electron chi connectivity index (χ2n) is 8.25.